The Bertz CT molecular complexity index is 1520. The number of anilines is 3. The molecule has 0 spiro atoms. The van der Waals surface area contributed by atoms with Crippen molar-refractivity contribution < 1.29 is 17.5 Å². The Morgan fingerprint density at radius 2 is 1.91 bits per heavy atom. The van der Waals surface area contributed by atoms with Gasteiger partial charge in [0.2, 0.25) is 0 Å². The second-order valence-electron chi connectivity index (χ2n) is 7.43. The van der Waals surface area contributed by atoms with E-state index < -0.39 is 10.0 Å². The van der Waals surface area contributed by atoms with Crippen molar-refractivity contribution in [3.63, 3.8) is 0 Å². The highest BCUT2D eigenvalue weighted by Gasteiger charge is 2.25. The van der Waals surface area contributed by atoms with Gasteiger partial charge in [-0.1, -0.05) is 18.2 Å². The van der Waals surface area contributed by atoms with Crippen LogP contribution in [0.5, 0.6) is 5.75 Å². The van der Waals surface area contributed by atoms with Crippen LogP contribution in [-0.2, 0) is 10.0 Å². The lowest BCUT2D eigenvalue weighted by molar-refractivity contribution is 0.313. The molecule has 2 heterocycles. The normalized spacial score (nSPS) is 13.0. The van der Waals surface area contributed by atoms with E-state index in [4.69, 9.17) is 4.74 Å². The van der Waals surface area contributed by atoms with Crippen molar-refractivity contribution >= 4 is 37.9 Å². The van der Waals surface area contributed by atoms with Crippen molar-refractivity contribution in [3.8, 4) is 22.9 Å². The summed E-state index contributed by atoms with van der Waals surface area (Å²) in [5.41, 5.74) is 3.12. The Labute approximate surface area is 199 Å². The summed E-state index contributed by atoms with van der Waals surface area (Å²) >= 11 is 1.18. The van der Waals surface area contributed by atoms with Gasteiger partial charge in [0.05, 0.1) is 28.4 Å². The van der Waals surface area contributed by atoms with E-state index in [1.165, 1.54) is 41.8 Å². The molecule has 0 bridgehead atoms. The molecule has 0 saturated carbocycles. The molecule has 0 aliphatic carbocycles. The van der Waals surface area contributed by atoms with Crippen LogP contribution in [0.2, 0.25) is 0 Å². The zero-order valence-corrected chi connectivity index (χ0v) is 19.2. The van der Waals surface area contributed by atoms with Gasteiger partial charge < -0.3 is 9.64 Å². The SMILES string of the molecule is N#Cc1cc(-c2cccc(F)c2)ccc1N1CCOc2cc(S(=O)(=O)Nc3nccs3)ccc21. The number of sulfonamides is 1. The van der Waals surface area contributed by atoms with Gasteiger partial charge in [0.25, 0.3) is 10.0 Å². The van der Waals surface area contributed by atoms with Crippen LogP contribution in [0.4, 0.5) is 20.9 Å². The molecule has 1 aromatic heterocycles. The maximum absolute atomic E-state index is 13.7. The topological polar surface area (TPSA) is 95.3 Å². The first kappa shape index (κ1) is 21.9. The summed E-state index contributed by atoms with van der Waals surface area (Å²) in [6.07, 6.45) is 1.52. The van der Waals surface area contributed by atoms with Crippen molar-refractivity contribution in [3.05, 3.63) is 83.6 Å². The average Bonchev–Trinajstić information content (AvgIpc) is 3.35. The molecule has 0 radical (unpaired) electrons. The number of hydrogen-bond acceptors (Lipinski definition) is 7. The van der Waals surface area contributed by atoms with Gasteiger partial charge in [0, 0.05) is 17.6 Å². The van der Waals surface area contributed by atoms with Crippen molar-refractivity contribution in [2.45, 2.75) is 4.90 Å². The van der Waals surface area contributed by atoms with Gasteiger partial charge in [-0.15, -0.1) is 11.3 Å². The first-order valence-electron chi connectivity index (χ1n) is 10.2. The van der Waals surface area contributed by atoms with Crippen molar-refractivity contribution in [2.75, 3.05) is 22.8 Å². The standard InChI is InChI=1S/C24H17FN4O3S2/c25-19-3-1-2-16(13-19)17-4-6-21(18(12-17)15-26)29-9-10-32-23-14-20(5-7-22(23)29)34(30,31)28-24-27-8-11-33-24/h1-8,11-14H,9-10H2,(H,27,28). The lowest BCUT2D eigenvalue weighted by atomic mass is 10.0. The monoisotopic (exact) mass is 492 g/mol. The van der Waals surface area contributed by atoms with Gasteiger partial charge >= 0.3 is 0 Å². The molecular formula is C24H17FN4O3S2. The summed E-state index contributed by atoms with van der Waals surface area (Å²) in [6, 6.07) is 18.4. The zero-order chi connectivity index (χ0) is 23.7. The molecular weight excluding hydrogens is 475 g/mol. The first-order valence-corrected chi connectivity index (χ1v) is 12.6. The predicted octanol–water partition coefficient (Wildman–Crippen LogP) is 5.15. The van der Waals surface area contributed by atoms with Crippen LogP contribution in [-0.4, -0.2) is 26.6 Å². The highest BCUT2D eigenvalue weighted by atomic mass is 32.2. The molecule has 34 heavy (non-hydrogen) atoms. The molecule has 7 nitrogen and oxygen atoms in total. The molecule has 1 aliphatic heterocycles. The summed E-state index contributed by atoms with van der Waals surface area (Å²) in [4.78, 5) is 5.92. The maximum Gasteiger partial charge on any atom is 0.263 e. The molecule has 3 aromatic carbocycles. The summed E-state index contributed by atoms with van der Waals surface area (Å²) in [5.74, 6) is 0.0451. The van der Waals surface area contributed by atoms with Gasteiger partial charge in [-0.2, -0.15) is 5.26 Å². The van der Waals surface area contributed by atoms with E-state index in [0.29, 0.717) is 41.4 Å². The molecule has 0 unspecified atom stereocenters. The molecule has 1 N–H and O–H groups in total. The quantitative estimate of drug-likeness (QED) is 0.414. The minimum Gasteiger partial charge on any atom is -0.489 e. The van der Waals surface area contributed by atoms with E-state index in [9.17, 15) is 18.1 Å². The molecule has 170 valence electrons. The maximum atomic E-state index is 13.7. The summed E-state index contributed by atoms with van der Waals surface area (Å²) < 4.78 is 47.4. The van der Waals surface area contributed by atoms with E-state index in [0.717, 1.165) is 5.56 Å². The second kappa shape index (κ2) is 8.78. The molecule has 0 fully saturated rings. The Hall–Kier alpha value is -3.94. The largest absolute Gasteiger partial charge is 0.489 e. The van der Waals surface area contributed by atoms with Crippen LogP contribution in [0.1, 0.15) is 5.56 Å². The minimum absolute atomic E-state index is 0.0465. The second-order valence-corrected chi connectivity index (χ2v) is 10.0. The van der Waals surface area contributed by atoms with E-state index in [2.05, 4.69) is 15.8 Å². The molecule has 4 aromatic rings. The van der Waals surface area contributed by atoms with E-state index >= 15 is 0 Å². The van der Waals surface area contributed by atoms with Crippen molar-refractivity contribution in [1.29, 1.82) is 5.26 Å². The fraction of sp³-hybridized carbons (Fsp3) is 0.0833. The summed E-state index contributed by atoms with van der Waals surface area (Å²) in [5, 5.41) is 11.8. The van der Waals surface area contributed by atoms with Crippen molar-refractivity contribution in [1.82, 2.24) is 4.98 Å². The van der Waals surface area contributed by atoms with Crippen LogP contribution >= 0.6 is 11.3 Å². The third-order valence-corrected chi connectivity index (χ3v) is 7.48. The molecule has 5 rings (SSSR count). The van der Waals surface area contributed by atoms with Crippen LogP contribution in [0.15, 0.2) is 77.1 Å². The third-order valence-electron chi connectivity index (χ3n) is 5.32. The number of benzene rings is 3. The number of rotatable bonds is 5. The summed E-state index contributed by atoms with van der Waals surface area (Å²) in [6.45, 7) is 0.789. The number of nitrogens with zero attached hydrogens (tertiary/aromatic N) is 3. The van der Waals surface area contributed by atoms with Crippen LogP contribution < -0.4 is 14.4 Å². The fourth-order valence-electron chi connectivity index (χ4n) is 3.77. The number of halogens is 1. The van der Waals surface area contributed by atoms with Gasteiger partial charge in [-0.3, -0.25) is 4.72 Å². The molecule has 1 aliphatic rings. The predicted molar refractivity (Wildman–Crippen MR) is 128 cm³/mol. The van der Waals surface area contributed by atoms with Crippen molar-refractivity contribution in [2.24, 2.45) is 0 Å². The number of nitriles is 1. The van der Waals surface area contributed by atoms with E-state index in [1.54, 1.807) is 29.6 Å². The lowest BCUT2D eigenvalue weighted by Gasteiger charge is -2.32. The lowest BCUT2D eigenvalue weighted by Crippen LogP contribution is -2.29. The van der Waals surface area contributed by atoms with E-state index in [-0.39, 0.29) is 15.8 Å². The first-order chi connectivity index (χ1) is 16.4. The smallest absolute Gasteiger partial charge is 0.263 e. The van der Waals surface area contributed by atoms with Gasteiger partial charge in [-0.05, 0) is 47.5 Å². The molecule has 0 saturated heterocycles. The number of fused-ring (bicyclic) bond motifs is 1. The third kappa shape index (κ3) is 4.19. The van der Waals surface area contributed by atoms with Gasteiger partial charge in [-0.25, -0.2) is 17.8 Å². The Morgan fingerprint density at radius 1 is 1.09 bits per heavy atom. The molecule has 10 heteroatoms. The van der Waals surface area contributed by atoms with E-state index in [1.807, 2.05) is 17.0 Å². The van der Waals surface area contributed by atoms with Gasteiger partial charge in [0.15, 0.2) is 5.13 Å². The van der Waals surface area contributed by atoms with Gasteiger partial charge in [0.1, 0.15) is 24.2 Å². The Morgan fingerprint density at radius 3 is 2.68 bits per heavy atom. The average molecular weight is 493 g/mol. The highest BCUT2D eigenvalue weighted by Crippen LogP contribution is 2.40. The zero-order valence-electron chi connectivity index (χ0n) is 17.6. The Balaban J connectivity index is 1.49. The minimum atomic E-state index is -3.84. The van der Waals surface area contributed by atoms with Crippen LogP contribution in [0.25, 0.3) is 11.1 Å². The Kier molecular flexibility index (Phi) is 5.65. The molecule has 0 atom stereocenters. The number of nitrogens with one attached hydrogen (secondary N) is 1. The number of thiazole rings is 1. The highest BCUT2D eigenvalue weighted by molar-refractivity contribution is 7.93. The number of aromatic nitrogens is 1. The van der Waals surface area contributed by atoms with Crippen LogP contribution in [0, 0.1) is 17.1 Å². The summed E-state index contributed by atoms with van der Waals surface area (Å²) in [7, 11) is -3.84. The number of ether oxygens (including phenoxy) is 1. The number of hydrogen-bond donors (Lipinski definition) is 1. The van der Waals surface area contributed by atoms with Crippen LogP contribution in [0.3, 0.4) is 0 Å². The fourth-order valence-corrected chi connectivity index (χ4v) is 5.58. The molecule has 0 amide bonds.